The zero-order valence-electron chi connectivity index (χ0n) is 12.4. The summed E-state index contributed by atoms with van der Waals surface area (Å²) in [7, 11) is 0. The second kappa shape index (κ2) is 7.38. The average Bonchev–Trinajstić information content (AvgIpc) is 2.52. The fourth-order valence-electron chi connectivity index (χ4n) is 1.79. The molecular formula is C16H20N4O. The van der Waals surface area contributed by atoms with Crippen LogP contribution < -0.4 is 10.6 Å². The monoisotopic (exact) mass is 284 g/mol. The first kappa shape index (κ1) is 15.0. The van der Waals surface area contributed by atoms with Crippen LogP contribution >= 0.6 is 0 Å². The lowest BCUT2D eigenvalue weighted by Gasteiger charge is -2.07. The molecule has 1 amide bonds. The molecule has 0 saturated heterocycles. The van der Waals surface area contributed by atoms with E-state index in [1.54, 1.807) is 12.3 Å². The molecule has 21 heavy (non-hydrogen) atoms. The first-order valence-corrected chi connectivity index (χ1v) is 7.09. The number of hydrogen-bond donors (Lipinski definition) is 2. The molecule has 0 saturated carbocycles. The first-order chi connectivity index (χ1) is 10.2. The van der Waals surface area contributed by atoms with Crippen molar-refractivity contribution in [3.8, 4) is 0 Å². The van der Waals surface area contributed by atoms with Gasteiger partial charge in [0, 0.05) is 19.3 Å². The van der Waals surface area contributed by atoms with Crippen molar-refractivity contribution in [2.24, 2.45) is 0 Å². The van der Waals surface area contributed by atoms with Crippen LogP contribution in [0.15, 0.2) is 36.5 Å². The lowest BCUT2D eigenvalue weighted by atomic mass is 10.1. The van der Waals surface area contributed by atoms with E-state index in [1.165, 1.54) is 5.56 Å². The van der Waals surface area contributed by atoms with Crippen molar-refractivity contribution in [1.82, 2.24) is 15.3 Å². The van der Waals surface area contributed by atoms with Gasteiger partial charge < -0.3 is 10.6 Å². The molecule has 2 aromatic rings. The number of hydrogen-bond acceptors (Lipinski definition) is 4. The van der Waals surface area contributed by atoms with E-state index < -0.39 is 0 Å². The average molecular weight is 284 g/mol. The molecule has 0 bridgehead atoms. The molecule has 5 heteroatoms. The maximum Gasteiger partial charge on any atom is 0.270 e. The van der Waals surface area contributed by atoms with Gasteiger partial charge in [-0.05, 0) is 25.0 Å². The van der Waals surface area contributed by atoms with E-state index >= 15 is 0 Å². The minimum atomic E-state index is -0.197. The molecule has 1 aromatic heterocycles. The molecule has 5 nitrogen and oxygen atoms in total. The van der Waals surface area contributed by atoms with Gasteiger partial charge in [-0.15, -0.1) is 0 Å². The number of amides is 1. The Morgan fingerprint density at radius 3 is 2.67 bits per heavy atom. The zero-order chi connectivity index (χ0) is 15.1. The second-order valence-electron chi connectivity index (χ2n) is 4.86. The van der Waals surface area contributed by atoms with E-state index in [2.05, 4.69) is 27.5 Å². The molecular weight excluding hydrogens is 264 g/mol. The summed E-state index contributed by atoms with van der Waals surface area (Å²) >= 11 is 0. The minimum absolute atomic E-state index is 0.197. The van der Waals surface area contributed by atoms with Gasteiger partial charge in [-0.25, -0.2) is 9.97 Å². The predicted octanol–water partition coefficient (Wildman–Crippen LogP) is 2.54. The van der Waals surface area contributed by atoms with E-state index in [0.717, 1.165) is 18.5 Å². The van der Waals surface area contributed by atoms with Gasteiger partial charge in [-0.3, -0.25) is 4.79 Å². The van der Waals surface area contributed by atoms with Crippen LogP contribution in [-0.2, 0) is 6.54 Å². The molecule has 0 unspecified atom stereocenters. The SMILES string of the molecule is CCCNc1nccc(C(=O)NCc2ccc(C)cc2)n1. The molecule has 0 fully saturated rings. The number of carbonyl (C=O) groups is 1. The summed E-state index contributed by atoms with van der Waals surface area (Å²) in [6, 6.07) is 9.67. The van der Waals surface area contributed by atoms with Gasteiger partial charge in [-0.1, -0.05) is 36.8 Å². The largest absolute Gasteiger partial charge is 0.354 e. The highest BCUT2D eigenvalue weighted by atomic mass is 16.1. The summed E-state index contributed by atoms with van der Waals surface area (Å²) in [6.45, 7) is 5.37. The maximum atomic E-state index is 12.1. The van der Waals surface area contributed by atoms with Crippen molar-refractivity contribution < 1.29 is 4.79 Å². The van der Waals surface area contributed by atoms with Crippen molar-refractivity contribution in [1.29, 1.82) is 0 Å². The normalized spacial score (nSPS) is 10.2. The van der Waals surface area contributed by atoms with Crippen LogP contribution in [0.1, 0.15) is 35.0 Å². The van der Waals surface area contributed by atoms with Gasteiger partial charge in [0.05, 0.1) is 0 Å². The fraction of sp³-hybridized carbons (Fsp3) is 0.312. The van der Waals surface area contributed by atoms with Crippen molar-refractivity contribution in [3.05, 3.63) is 53.3 Å². The summed E-state index contributed by atoms with van der Waals surface area (Å²) in [5, 5.41) is 5.93. The molecule has 2 N–H and O–H groups in total. The maximum absolute atomic E-state index is 12.1. The highest BCUT2D eigenvalue weighted by Gasteiger charge is 2.08. The van der Waals surface area contributed by atoms with E-state index in [9.17, 15) is 4.79 Å². The highest BCUT2D eigenvalue weighted by Crippen LogP contribution is 2.04. The van der Waals surface area contributed by atoms with Crippen LogP contribution in [0.3, 0.4) is 0 Å². The Morgan fingerprint density at radius 2 is 1.95 bits per heavy atom. The number of carbonyl (C=O) groups excluding carboxylic acids is 1. The third kappa shape index (κ3) is 4.56. The summed E-state index contributed by atoms with van der Waals surface area (Å²) in [4.78, 5) is 20.4. The molecule has 0 aliphatic rings. The van der Waals surface area contributed by atoms with Crippen LogP contribution in [0, 0.1) is 6.92 Å². The quantitative estimate of drug-likeness (QED) is 0.855. The van der Waals surface area contributed by atoms with Crippen molar-refractivity contribution in [2.75, 3.05) is 11.9 Å². The molecule has 0 spiro atoms. The van der Waals surface area contributed by atoms with Crippen molar-refractivity contribution >= 4 is 11.9 Å². The lowest BCUT2D eigenvalue weighted by Crippen LogP contribution is -2.24. The summed E-state index contributed by atoms with van der Waals surface area (Å²) < 4.78 is 0. The molecule has 1 heterocycles. The topological polar surface area (TPSA) is 66.9 Å². The Hall–Kier alpha value is -2.43. The van der Waals surface area contributed by atoms with Gasteiger partial charge in [-0.2, -0.15) is 0 Å². The van der Waals surface area contributed by atoms with Crippen molar-refractivity contribution in [2.45, 2.75) is 26.8 Å². The van der Waals surface area contributed by atoms with E-state index in [4.69, 9.17) is 0 Å². The molecule has 0 aliphatic carbocycles. The Balaban J connectivity index is 1.95. The zero-order valence-corrected chi connectivity index (χ0v) is 12.4. The molecule has 1 aromatic carbocycles. The van der Waals surface area contributed by atoms with Gasteiger partial charge >= 0.3 is 0 Å². The number of nitrogens with zero attached hydrogens (tertiary/aromatic N) is 2. The molecule has 2 rings (SSSR count). The number of anilines is 1. The molecule has 110 valence electrons. The molecule has 0 aliphatic heterocycles. The van der Waals surface area contributed by atoms with E-state index in [1.807, 2.05) is 31.2 Å². The lowest BCUT2D eigenvalue weighted by molar-refractivity contribution is 0.0946. The van der Waals surface area contributed by atoms with Crippen LogP contribution in [0.25, 0.3) is 0 Å². The fourth-order valence-corrected chi connectivity index (χ4v) is 1.79. The number of benzene rings is 1. The highest BCUT2D eigenvalue weighted by molar-refractivity contribution is 5.92. The van der Waals surface area contributed by atoms with Gasteiger partial charge in [0.25, 0.3) is 5.91 Å². The van der Waals surface area contributed by atoms with Crippen molar-refractivity contribution in [3.63, 3.8) is 0 Å². The van der Waals surface area contributed by atoms with Crippen LogP contribution in [0.5, 0.6) is 0 Å². The summed E-state index contributed by atoms with van der Waals surface area (Å²) in [6.07, 6.45) is 2.57. The van der Waals surface area contributed by atoms with Gasteiger partial charge in [0.15, 0.2) is 0 Å². The summed E-state index contributed by atoms with van der Waals surface area (Å²) in [5.41, 5.74) is 2.63. The number of aryl methyl sites for hydroxylation is 1. The van der Waals surface area contributed by atoms with Gasteiger partial charge in [0.2, 0.25) is 5.95 Å². The second-order valence-corrected chi connectivity index (χ2v) is 4.86. The third-order valence-corrected chi connectivity index (χ3v) is 3.00. The van der Waals surface area contributed by atoms with E-state index in [0.29, 0.717) is 18.2 Å². The number of nitrogens with one attached hydrogen (secondary N) is 2. The van der Waals surface area contributed by atoms with Crippen LogP contribution in [-0.4, -0.2) is 22.4 Å². The van der Waals surface area contributed by atoms with Crippen LogP contribution in [0.4, 0.5) is 5.95 Å². The number of rotatable bonds is 6. The Bertz CT molecular complexity index is 595. The van der Waals surface area contributed by atoms with Crippen LogP contribution in [0.2, 0.25) is 0 Å². The van der Waals surface area contributed by atoms with E-state index in [-0.39, 0.29) is 5.91 Å². The number of aromatic nitrogens is 2. The smallest absolute Gasteiger partial charge is 0.270 e. The van der Waals surface area contributed by atoms with Gasteiger partial charge in [0.1, 0.15) is 5.69 Å². The molecule has 0 atom stereocenters. The Morgan fingerprint density at radius 1 is 1.19 bits per heavy atom. The first-order valence-electron chi connectivity index (χ1n) is 7.09. The standard InChI is InChI=1S/C16H20N4O/c1-3-9-17-16-18-10-8-14(20-16)15(21)19-11-13-6-4-12(2)5-7-13/h4-8,10H,3,9,11H2,1-2H3,(H,19,21)(H,17,18,20). The Labute approximate surface area is 124 Å². The predicted molar refractivity (Wildman–Crippen MR) is 83.2 cm³/mol. The molecule has 0 radical (unpaired) electrons. The summed E-state index contributed by atoms with van der Waals surface area (Å²) in [5.74, 6) is 0.289. The Kier molecular flexibility index (Phi) is 5.26. The minimum Gasteiger partial charge on any atom is -0.354 e. The third-order valence-electron chi connectivity index (χ3n) is 3.00.